The number of carbonyl (C=O) groups excluding carboxylic acids is 2. The van der Waals surface area contributed by atoms with Gasteiger partial charge in [0, 0.05) is 49.6 Å². The van der Waals surface area contributed by atoms with E-state index in [1.54, 1.807) is 23.9 Å². The molecule has 5 nitrogen and oxygen atoms in total. The van der Waals surface area contributed by atoms with Gasteiger partial charge in [-0.25, -0.2) is 4.99 Å². The Morgan fingerprint density at radius 2 is 2.12 bits per heavy atom. The van der Waals surface area contributed by atoms with E-state index >= 15 is 0 Å². The van der Waals surface area contributed by atoms with Crippen molar-refractivity contribution in [2.75, 3.05) is 20.6 Å². The normalized spacial score (nSPS) is 18.8. The summed E-state index contributed by atoms with van der Waals surface area (Å²) in [5.74, 6) is 0.0523. The average molecular weight is 338 g/mol. The second-order valence-electron chi connectivity index (χ2n) is 6.60. The molecule has 2 amide bonds. The topological polar surface area (TPSA) is 54.6 Å². The van der Waals surface area contributed by atoms with Crippen LogP contribution in [0.2, 0.25) is 0 Å². The van der Waals surface area contributed by atoms with Gasteiger partial charge in [-0.3, -0.25) is 9.59 Å². The van der Waals surface area contributed by atoms with E-state index < -0.39 is 0 Å². The van der Waals surface area contributed by atoms with Crippen LogP contribution in [0, 0.1) is 0 Å². The van der Waals surface area contributed by atoms with Gasteiger partial charge in [-0.15, -0.1) is 0 Å². The monoisotopic (exact) mass is 338 g/mol. The SMILES string of the molecule is CCCCN1C=C(c2cccc(C(=O)N(C)C)c2)C2=CC=[NH+]C2C1=O. The largest absolute Gasteiger partial charge is 0.345 e. The lowest BCUT2D eigenvalue weighted by Crippen LogP contribution is -2.79. The highest BCUT2D eigenvalue weighted by Gasteiger charge is 2.39. The number of rotatable bonds is 5. The van der Waals surface area contributed by atoms with E-state index in [-0.39, 0.29) is 17.9 Å². The zero-order valence-electron chi connectivity index (χ0n) is 15.0. The maximum Gasteiger partial charge on any atom is 0.300 e. The van der Waals surface area contributed by atoms with E-state index in [2.05, 4.69) is 11.9 Å². The molecule has 0 saturated heterocycles. The highest BCUT2D eigenvalue weighted by Crippen LogP contribution is 2.31. The van der Waals surface area contributed by atoms with Crippen molar-refractivity contribution in [1.29, 1.82) is 0 Å². The van der Waals surface area contributed by atoms with Crippen LogP contribution in [0.4, 0.5) is 0 Å². The predicted molar refractivity (Wildman–Crippen MR) is 98.0 cm³/mol. The number of benzene rings is 1. The van der Waals surface area contributed by atoms with Crippen molar-refractivity contribution in [3.8, 4) is 0 Å². The summed E-state index contributed by atoms with van der Waals surface area (Å²) < 4.78 is 0. The summed E-state index contributed by atoms with van der Waals surface area (Å²) in [7, 11) is 3.49. The zero-order chi connectivity index (χ0) is 18.0. The van der Waals surface area contributed by atoms with E-state index in [4.69, 9.17) is 0 Å². The highest BCUT2D eigenvalue weighted by atomic mass is 16.2. The Bertz CT molecular complexity index is 790. The van der Waals surface area contributed by atoms with Gasteiger partial charge in [0.1, 0.15) is 0 Å². The molecule has 2 aliphatic rings. The molecular formula is C20H24N3O2+. The molecule has 25 heavy (non-hydrogen) atoms. The molecule has 0 bridgehead atoms. The van der Waals surface area contributed by atoms with Crippen LogP contribution in [0.25, 0.3) is 5.57 Å². The van der Waals surface area contributed by atoms with Crippen LogP contribution in [0.1, 0.15) is 35.7 Å². The first-order valence-electron chi connectivity index (χ1n) is 8.67. The molecule has 0 aromatic heterocycles. The first-order valence-corrected chi connectivity index (χ1v) is 8.67. The Labute approximate surface area is 148 Å². The van der Waals surface area contributed by atoms with Crippen molar-refractivity contribution in [2.24, 2.45) is 0 Å². The molecular weight excluding hydrogens is 314 g/mol. The van der Waals surface area contributed by atoms with Gasteiger partial charge < -0.3 is 9.80 Å². The molecule has 1 atom stereocenters. The van der Waals surface area contributed by atoms with Crippen LogP contribution < -0.4 is 4.99 Å². The summed E-state index contributed by atoms with van der Waals surface area (Å²) >= 11 is 0. The van der Waals surface area contributed by atoms with Gasteiger partial charge in [-0.1, -0.05) is 25.5 Å². The number of hydrogen-bond donors (Lipinski definition) is 1. The molecule has 1 aromatic rings. The van der Waals surface area contributed by atoms with Crippen LogP contribution in [0.5, 0.6) is 0 Å². The molecule has 2 heterocycles. The van der Waals surface area contributed by atoms with Crippen molar-refractivity contribution >= 4 is 23.6 Å². The molecule has 3 rings (SSSR count). The zero-order valence-corrected chi connectivity index (χ0v) is 15.0. The Morgan fingerprint density at radius 3 is 2.84 bits per heavy atom. The molecule has 0 saturated carbocycles. The fourth-order valence-corrected chi connectivity index (χ4v) is 3.15. The summed E-state index contributed by atoms with van der Waals surface area (Å²) in [6.07, 6.45) is 7.70. The Kier molecular flexibility index (Phi) is 4.83. The number of allylic oxidation sites excluding steroid dienone is 1. The third kappa shape index (κ3) is 3.27. The Morgan fingerprint density at radius 1 is 1.32 bits per heavy atom. The molecule has 0 aliphatic carbocycles. The second kappa shape index (κ2) is 7.05. The first-order chi connectivity index (χ1) is 12.0. The average Bonchev–Trinajstić information content (AvgIpc) is 3.11. The van der Waals surface area contributed by atoms with Gasteiger partial charge in [-0.05, 0) is 24.1 Å². The van der Waals surface area contributed by atoms with Crippen molar-refractivity contribution in [1.82, 2.24) is 9.80 Å². The Hall–Kier alpha value is -2.69. The lowest BCUT2D eigenvalue weighted by atomic mass is 9.90. The fraction of sp³-hybridized carbons (Fsp3) is 0.350. The number of nitrogens with one attached hydrogen (secondary N) is 1. The van der Waals surface area contributed by atoms with Gasteiger partial charge >= 0.3 is 0 Å². The number of nitrogens with zero attached hydrogens (tertiary/aromatic N) is 2. The van der Waals surface area contributed by atoms with E-state index in [0.717, 1.165) is 29.6 Å². The van der Waals surface area contributed by atoms with Gasteiger partial charge in [-0.2, -0.15) is 0 Å². The van der Waals surface area contributed by atoms with E-state index in [1.807, 2.05) is 42.8 Å². The van der Waals surface area contributed by atoms with Gasteiger partial charge in [0.15, 0.2) is 6.21 Å². The molecule has 1 aromatic carbocycles. The van der Waals surface area contributed by atoms with Crippen LogP contribution in [0.15, 0.2) is 42.1 Å². The molecule has 1 N–H and O–H groups in total. The smallest absolute Gasteiger partial charge is 0.300 e. The van der Waals surface area contributed by atoms with Crippen LogP contribution in [-0.2, 0) is 4.79 Å². The second-order valence-corrected chi connectivity index (χ2v) is 6.60. The molecule has 5 heteroatoms. The maximum atomic E-state index is 12.7. The lowest BCUT2D eigenvalue weighted by Gasteiger charge is -2.27. The quantitative estimate of drug-likeness (QED) is 0.865. The fourth-order valence-electron chi connectivity index (χ4n) is 3.15. The van der Waals surface area contributed by atoms with E-state index in [1.165, 1.54) is 0 Å². The lowest BCUT2D eigenvalue weighted by molar-refractivity contribution is -0.467. The molecule has 0 radical (unpaired) electrons. The third-order valence-electron chi connectivity index (χ3n) is 4.54. The van der Waals surface area contributed by atoms with Gasteiger partial charge in [0.25, 0.3) is 17.9 Å². The predicted octanol–water partition coefficient (Wildman–Crippen LogP) is 0.832. The molecule has 0 fully saturated rings. The minimum atomic E-state index is -0.329. The van der Waals surface area contributed by atoms with Crippen LogP contribution >= 0.6 is 0 Å². The molecule has 1 unspecified atom stereocenters. The van der Waals surface area contributed by atoms with Crippen molar-refractivity contribution < 1.29 is 14.6 Å². The van der Waals surface area contributed by atoms with Gasteiger partial charge in [0.05, 0.1) is 0 Å². The van der Waals surface area contributed by atoms with Crippen molar-refractivity contribution in [2.45, 2.75) is 25.8 Å². The number of amides is 2. The van der Waals surface area contributed by atoms with E-state index in [0.29, 0.717) is 12.1 Å². The van der Waals surface area contributed by atoms with E-state index in [9.17, 15) is 9.59 Å². The van der Waals surface area contributed by atoms with Gasteiger partial charge in [0.2, 0.25) is 0 Å². The third-order valence-corrected chi connectivity index (χ3v) is 4.54. The standard InChI is InChI=1S/C20H23N3O2/c1-4-5-11-23-13-17(16-9-10-21-18(16)20(23)25)14-7-6-8-15(12-14)19(24)22(2)3/h6-10,12-13,18H,4-5,11H2,1-3H3/p+1. The minimum Gasteiger partial charge on any atom is -0.345 e. The molecule has 130 valence electrons. The Balaban J connectivity index is 2.00. The summed E-state index contributed by atoms with van der Waals surface area (Å²) in [5.41, 5.74) is 3.56. The number of unbranched alkanes of at least 4 members (excludes halogenated alkanes) is 1. The van der Waals surface area contributed by atoms with Crippen molar-refractivity contribution in [3.63, 3.8) is 0 Å². The number of fused-ring (bicyclic) bond motifs is 1. The maximum absolute atomic E-state index is 12.7. The minimum absolute atomic E-state index is 0.0289. The summed E-state index contributed by atoms with van der Waals surface area (Å²) in [5, 5.41) is 0. The van der Waals surface area contributed by atoms with Crippen molar-refractivity contribution in [3.05, 3.63) is 53.2 Å². The molecule has 2 aliphatic heterocycles. The summed E-state index contributed by atoms with van der Waals surface area (Å²) in [6, 6.07) is 7.27. The first kappa shape index (κ1) is 17.1. The van der Waals surface area contributed by atoms with Crippen LogP contribution in [0.3, 0.4) is 0 Å². The molecule has 0 spiro atoms. The number of carbonyl (C=O) groups is 2. The van der Waals surface area contributed by atoms with Crippen LogP contribution in [-0.4, -0.2) is 54.5 Å². The number of hydrogen-bond acceptors (Lipinski definition) is 2. The summed E-state index contributed by atoms with van der Waals surface area (Å²) in [6.45, 7) is 2.82. The highest BCUT2D eigenvalue weighted by molar-refractivity contribution is 6.02. The summed E-state index contributed by atoms with van der Waals surface area (Å²) in [4.78, 5) is 31.4.